The molecular formula is C24H11BClF3N6. The van der Waals surface area contributed by atoms with Crippen LogP contribution in [-0.4, -0.2) is 36.2 Å². The number of aromatic amines is 1. The summed E-state index contributed by atoms with van der Waals surface area (Å²) < 4.78 is 44.4. The molecule has 6 nitrogen and oxygen atoms in total. The first-order valence-corrected chi connectivity index (χ1v) is 11.1. The molecule has 1 aliphatic heterocycles. The number of nitrogens with one attached hydrogen (secondary N) is 1. The summed E-state index contributed by atoms with van der Waals surface area (Å²) in [6.07, 6.45) is 0. The first-order chi connectivity index (χ1) is 17.0. The Balaban J connectivity index is 1.80. The standard InChI is InChI=1S/C24H11BClF3N6/c26-25-35-23-15-6-3-12(29)9-18(15)24(35)33-20-14-5-2-10(27)7-16(14)21(32-20)30-19-13-4-1-11(28)8-17(13)22(31-19)34-23/h1-9,25H,(H,30,31,32,33,34). The van der Waals surface area contributed by atoms with Gasteiger partial charge in [-0.25, -0.2) is 33.1 Å². The molecule has 1 N–H and O–H groups in total. The highest BCUT2D eigenvalue weighted by molar-refractivity contribution is 6.93. The Morgan fingerprint density at radius 2 is 1.26 bits per heavy atom. The fourth-order valence-electron chi connectivity index (χ4n) is 4.58. The molecule has 0 aliphatic carbocycles. The minimum absolute atomic E-state index is 0.0433. The summed E-state index contributed by atoms with van der Waals surface area (Å²) >= 11 is 6.34. The predicted molar refractivity (Wildman–Crippen MR) is 130 cm³/mol. The SMILES string of the molecule is Fc1ccc2c(c1)-c1nc-2nc2[nH]c(nc3c4cc(F)ccc4c(n1)n3BCl)c1ccc(F)cc21. The second-order valence-electron chi connectivity index (χ2n) is 8.18. The number of aromatic nitrogens is 6. The van der Waals surface area contributed by atoms with Crippen LogP contribution < -0.4 is 0 Å². The average Bonchev–Trinajstić information content (AvgIpc) is 3.44. The van der Waals surface area contributed by atoms with Crippen molar-refractivity contribution in [2.45, 2.75) is 0 Å². The minimum atomic E-state index is -0.456. The van der Waals surface area contributed by atoms with E-state index in [4.69, 9.17) is 21.4 Å². The maximum Gasteiger partial charge on any atom is 0.350 e. The zero-order valence-corrected chi connectivity index (χ0v) is 18.4. The lowest BCUT2D eigenvalue weighted by atomic mass is 10.1. The third kappa shape index (κ3) is 2.93. The van der Waals surface area contributed by atoms with Gasteiger partial charge in [0.05, 0.1) is 0 Å². The second kappa shape index (κ2) is 7.16. The van der Waals surface area contributed by atoms with E-state index in [1.54, 1.807) is 22.7 Å². The van der Waals surface area contributed by atoms with E-state index in [0.717, 1.165) is 0 Å². The number of hydrogen-bond donors (Lipinski definition) is 1. The summed E-state index contributed by atoms with van der Waals surface area (Å²) in [5.74, 6) is -0.837. The number of benzene rings is 3. The van der Waals surface area contributed by atoms with Gasteiger partial charge in [0.15, 0.2) is 11.6 Å². The third-order valence-corrected chi connectivity index (χ3v) is 6.38. The Hall–Kier alpha value is -4.18. The molecule has 11 heteroatoms. The number of rotatable bonds is 1. The number of halogens is 4. The van der Waals surface area contributed by atoms with Crippen molar-refractivity contribution in [2.24, 2.45) is 0 Å². The van der Waals surface area contributed by atoms with E-state index in [-0.39, 0.29) is 18.5 Å². The van der Waals surface area contributed by atoms with E-state index in [2.05, 4.69) is 15.0 Å². The Kier molecular flexibility index (Phi) is 4.14. The maximum atomic E-state index is 14.3. The molecule has 6 bridgehead atoms. The van der Waals surface area contributed by atoms with Gasteiger partial charge in [0.2, 0.25) is 0 Å². The smallest absolute Gasteiger partial charge is 0.342 e. The van der Waals surface area contributed by atoms with Crippen molar-refractivity contribution < 1.29 is 13.2 Å². The highest BCUT2D eigenvalue weighted by atomic mass is 35.5. The van der Waals surface area contributed by atoms with Crippen LogP contribution in [0.25, 0.3) is 66.9 Å². The van der Waals surface area contributed by atoms with Gasteiger partial charge in [0.1, 0.15) is 40.0 Å². The summed E-state index contributed by atoms with van der Waals surface area (Å²) in [4.78, 5) is 21.9. The molecule has 0 saturated heterocycles. The van der Waals surface area contributed by atoms with Gasteiger partial charge in [0.25, 0.3) is 0 Å². The van der Waals surface area contributed by atoms with Crippen LogP contribution in [0.1, 0.15) is 0 Å². The van der Waals surface area contributed by atoms with Crippen LogP contribution in [0.2, 0.25) is 0 Å². The van der Waals surface area contributed by atoms with Crippen LogP contribution in [0.5, 0.6) is 0 Å². The maximum absolute atomic E-state index is 14.3. The largest absolute Gasteiger partial charge is 0.350 e. The van der Waals surface area contributed by atoms with Gasteiger partial charge in [-0.15, -0.1) is 0 Å². The Morgan fingerprint density at radius 3 is 2.06 bits per heavy atom. The van der Waals surface area contributed by atoms with E-state index >= 15 is 0 Å². The van der Waals surface area contributed by atoms with Crippen LogP contribution >= 0.6 is 11.5 Å². The van der Waals surface area contributed by atoms with E-state index in [1.807, 2.05) is 0 Å². The summed E-state index contributed by atoms with van der Waals surface area (Å²) in [5, 5.41) is 2.17. The van der Waals surface area contributed by atoms with Crippen molar-refractivity contribution in [3.05, 3.63) is 72.0 Å². The van der Waals surface area contributed by atoms with E-state index in [0.29, 0.717) is 55.3 Å². The lowest BCUT2D eigenvalue weighted by Crippen LogP contribution is -2.01. The molecule has 0 saturated carbocycles. The molecule has 1 aliphatic rings. The molecule has 0 fully saturated rings. The highest BCUT2D eigenvalue weighted by Gasteiger charge is 2.22. The number of nitrogens with zero attached hydrogens (tertiary/aromatic N) is 5. The van der Waals surface area contributed by atoms with Crippen molar-refractivity contribution in [3.63, 3.8) is 0 Å². The molecule has 4 heterocycles. The van der Waals surface area contributed by atoms with Gasteiger partial charge in [-0.3, -0.25) is 0 Å². The van der Waals surface area contributed by atoms with Crippen LogP contribution in [0.3, 0.4) is 0 Å². The highest BCUT2D eigenvalue weighted by Crippen LogP contribution is 2.36. The van der Waals surface area contributed by atoms with Gasteiger partial charge in [0, 0.05) is 32.7 Å². The zero-order valence-electron chi connectivity index (χ0n) is 17.7. The van der Waals surface area contributed by atoms with Gasteiger partial charge in [-0.05, 0) is 54.6 Å². The molecule has 7 rings (SSSR count). The van der Waals surface area contributed by atoms with Crippen molar-refractivity contribution in [1.29, 1.82) is 0 Å². The van der Waals surface area contributed by atoms with E-state index in [9.17, 15) is 13.2 Å². The monoisotopic (exact) mass is 486 g/mol. The molecule has 0 amide bonds. The van der Waals surface area contributed by atoms with Crippen LogP contribution in [-0.2, 0) is 0 Å². The molecule has 3 aromatic heterocycles. The number of hydrogen-bond acceptors (Lipinski definition) is 4. The molecule has 0 spiro atoms. The quantitative estimate of drug-likeness (QED) is 0.309. The summed E-state index contributed by atoms with van der Waals surface area (Å²) in [6.45, 7) is -0.0433. The Labute approximate surface area is 199 Å². The fraction of sp³-hybridized carbons (Fsp3) is 0. The van der Waals surface area contributed by atoms with E-state index < -0.39 is 17.5 Å². The molecule has 0 radical (unpaired) electrons. The van der Waals surface area contributed by atoms with Crippen LogP contribution in [0.15, 0.2) is 54.6 Å². The van der Waals surface area contributed by atoms with Crippen molar-refractivity contribution in [1.82, 2.24) is 29.4 Å². The molecule has 3 aromatic carbocycles. The first-order valence-electron chi connectivity index (χ1n) is 10.6. The number of fused-ring (bicyclic) bond motifs is 15. The Morgan fingerprint density at radius 1 is 0.629 bits per heavy atom. The molecule has 6 aromatic rings. The normalized spacial score (nSPS) is 12.0. The van der Waals surface area contributed by atoms with E-state index in [1.165, 1.54) is 36.4 Å². The first kappa shape index (κ1) is 20.2. The molecule has 168 valence electrons. The number of H-pyrrole nitrogens is 1. The molecule has 35 heavy (non-hydrogen) atoms. The zero-order chi connectivity index (χ0) is 23.8. The Bertz CT molecular complexity index is 1950. The predicted octanol–water partition coefficient (Wildman–Crippen LogP) is 5.55. The summed E-state index contributed by atoms with van der Waals surface area (Å²) in [5.41, 5.74) is 2.49. The van der Waals surface area contributed by atoms with Crippen LogP contribution in [0, 0.1) is 17.5 Å². The second-order valence-corrected chi connectivity index (χ2v) is 8.42. The molecule has 0 atom stereocenters. The van der Waals surface area contributed by atoms with Crippen molar-refractivity contribution in [2.75, 3.05) is 0 Å². The van der Waals surface area contributed by atoms with Gasteiger partial charge in [-0.2, -0.15) is 11.5 Å². The lowest BCUT2D eigenvalue weighted by Gasteiger charge is -2.00. The summed E-state index contributed by atoms with van der Waals surface area (Å²) in [6, 6.07) is 12.8. The topological polar surface area (TPSA) is 72.3 Å². The summed E-state index contributed by atoms with van der Waals surface area (Å²) in [7, 11) is 0. The average molecular weight is 487 g/mol. The molecule has 0 unspecified atom stereocenters. The van der Waals surface area contributed by atoms with Gasteiger partial charge in [-0.1, -0.05) is 0 Å². The van der Waals surface area contributed by atoms with Gasteiger partial charge >= 0.3 is 6.83 Å². The molecular weight excluding hydrogens is 476 g/mol. The van der Waals surface area contributed by atoms with Gasteiger partial charge < -0.3 is 9.46 Å². The lowest BCUT2D eigenvalue weighted by molar-refractivity contribution is 0.628. The fourth-order valence-corrected chi connectivity index (χ4v) is 4.81. The van der Waals surface area contributed by atoms with Crippen LogP contribution in [0.4, 0.5) is 13.2 Å². The third-order valence-electron chi connectivity index (χ3n) is 6.15. The van der Waals surface area contributed by atoms with Crippen molar-refractivity contribution >= 4 is 62.4 Å². The minimum Gasteiger partial charge on any atom is -0.342 e. The van der Waals surface area contributed by atoms with Crippen molar-refractivity contribution in [3.8, 4) is 22.8 Å².